The second-order valence-corrected chi connectivity index (χ2v) is 13.6. The van der Waals surface area contributed by atoms with Crippen molar-refractivity contribution in [2.24, 2.45) is 10.9 Å². The van der Waals surface area contributed by atoms with Crippen molar-refractivity contribution in [3.8, 4) is 0 Å². The highest BCUT2D eigenvalue weighted by Crippen LogP contribution is 2.38. The molecule has 3 amide bonds. The quantitative estimate of drug-likeness (QED) is 0.101. The summed E-state index contributed by atoms with van der Waals surface area (Å²) in [6.45, 7) is 2.25. The fourth-order valence-electron chi connectivity index (χ4n) is 5.79. The molecule has 0 spiro atoms. The van der Waals surface area contributed by atoms with Gasteiger partial charge in [0.1, 0.15) is 11.5 Å². The van der Waals surface area contributed by atoms with Gasteiger partial charge in [0, 0.05) is 17.4 Å². The summed E-state index contributed by atoms with van der Waals surface area (Å²) in [6, 6.07) is 7.78. The zero-order valence-electron chi connectivity index (χ0n) is 26.3. The normalized spacial score (nSPS) is 17.7. The number of allylic oxidation sites excluding steroid dienone is 2. The van der Waals surface area contributed by atoms with Crippen LogP contribution in [0.2, 0.25) is 20.1 Å². The molecule has 2 heterocycles. The minimum Gasteiger partial charge on any atom is -0.277 e. The van der Waals surface area contributed by atoms with Crippen LogP contribution in [0, 0.1) is 5.92 Å². The summed E-state index contributed by atoms with van der Waals surface area (Å²) in [6.07, 6.45) is 19.9. The maximum absolute atomic E-state index is 13.3. The van der Waals surface area contributed by atoms with Crippen LogP contribution in [0.4, 0.5) is 17.1 Å². The molecule has 1 atom stereocenters. The highest BCUT2D eigenvalue weighted by molar-refractivity contribution is 6.42. The summed E-state index contributed by atoms with van der Waals surface area (Å²) < 4.78 is 0. The number of unbranched alkanes of at least 4 members (excludes halogenated alkanes) is 10. The molecule has 0 unspecified atom stereocenters. The Morgan fingerprint density at radius 3 is 2.11 bits per heavy atom. The van der Waals surface area contributed by atoms with E-state index in [1.807, 2.05) is 0 Å². The zero-order chi connectivity index (χ0) is 33.1. The summed E-state index contributed by atoms with van der Waals surface area (Å²) in [5.41, 5.74) is 3.89. The van der Waals surface area contributed by atoms with Crippen LogP contribution in [0.1, 0.15) is 103 Å². The smallest absolute Gasteiger partial charge is 0.253 e. The number of hydrogen-bond donors (Lipinski definition) is 1. The first-order valence-corrected chi connectivity index (χ1v) is 17.8. The van der Waals surface area contributed by atoms with E-state index in [9.17, 15) is 14.4 Å². The number of benzene rings is 2. The molecule has 0 bridgehead atoms. The maximum atomic E-state index is 13.3. The highest BCUT2D eigenvalue weighted by atomic mass is 35.5. The molecule has 46 heavy (non-hydrogen) atoms. The number of hydrogen-bond acceptors (Lipinski definition) is 4. The lowest BCUT2D eigenvalue weighted by Crippen LogP contribution is -2.36. The molecule has 2 aliphatic rings. The lowest BCUT2D eigenvalue weighted by Gasteiger charge is -2.19. The molecule has 0 aliphatic carbocycles. The van der Waals surface area contributed by atoms with E-state index in [4.69, 9.17) is 46.4 Å². The summed E-state index contributed by atoms with van der Waals surface area (Å²) in [4.78, 5) is 44.8. The Bertz CT molecular complexity index is 1440. The molecule has 2 aromatic carbocycles. The van der Waals surface area contributed by atoms with Gasteiger partial charge in [-0.1, -0.05) is 117 Å². The second-order valence-electron chi connectivity index (χ2n) is 11.9. The Hall–Kier alpha value is -2.58. The molecule has 0 radical (unpaired) electrons. The first-order valence-electron chi connectivity index (χ1n) is 16.3. The predicted octanol–water partition coefficient (Wildman–Crippen LogP) is 10.8. The van der Waals surface area contributed by atoms with Gasteiger partial charge in [-0.25, -0.2) is 10.0 Å². The minimum absolute atomic E-state index is 0.0616. The molecule has 11 heteroatoms. The van der Waals surface area contributed by atoms with Gasteiger partial charge in [-0.2, -0.15) is 0 Å². The van der Waals surface area contributed by atoms with Crippen LogP contribution in [0.25, 0.3) is 0 Å². The van der Waals surface area contributed by atoms with Gasteiger partial charge in [0.15, 0.2) is 0 Å². The lowest BCUT2D eigenvalue weighted by molar-refractivity contribution is -0.122. The highest BCUT2D eigenvalue weighted by Gasteiger charge is 2.39. The number of nitrogens with zero attached hydrogens (tertiary/aromatic N) is 3. The van der Waals surface area contributed by atoms with Crippen molar-refractivity contribution in [1.82, 2.24) is 5.43 Å². The molecule has 0 aromatic heterocycles. The molecule has 7 nitrogen and oxygen atoms in total. The number of nitrogens with one attached hydrogen (secondary N) is 1. The van der Waals surface area contributed by atoms with Gasteiger partial charge in [0.05, 0.1) is 32.9 Å². The SMILES string of the molecule is CCCCCCCCCC/C=C\CCCC[C@H]1CC(=O)N(c2ccc(Cl)c(N=C3CC(=O)N(c4c(Cl)cc(Cl)cc4Cl)N3)c2)C1=O. The number of hydrazine groups is 1. The number of halogens is 4. The zero-order valence-corrected chi connectivity index (χ0v) is 29.3. The van der Waals surface area contributed by atoms with Crippen LogP contribution in [-0.2, 0) is 14.4 Å². The van der Waals surface area contributed by atoms with Crippen molar-refractivity contribution >= 4 is 87.0 Å². The fourth-order valence-corrected chi connectivity index (χ4v) is 6.94. The largest absolute Gasteiger partial charge is 0.277 e. The lowest BCUT2D eigenvalue weighted by atomic mass is 9.99. The monoisotopic (exact) mass is 706 g/mol. The molecule has 1 N–H and O–H groups in total. The molecular weight excluding hydrogens is 666 g/mol. The van der Waals surface area contributed by atoms with Crippen LogP contribution < -0.4 is 15.3 Å². The number of carbonyl (C=O) groups excluding carboxylic acids is 3. The van der Waals surface area contributed by atoms with E-state index in [2.05, 4.69) is 29.5 Å². The van der Waals surface area contributed by atoms with Crippen molar-refractivity contribution in [3.63, 3.8) is 0 Å². The first kappa shape index (κ1) is 36.3. The van der Waals surface area contributed by atoms with Crippen molar-refractivity contribution in [1.29, 1.82) is 0 Å². The van der Waals surface area contributed by atoms with E-state index in [0.717, 1.165) is 25.7 Å². The predicted molar refractivity (Wildman–Crippen MR) is 191 cm³/mol. The standard InChI is InChI=1S/C35H42Cl4N4O3/c1-2-3-4-5-6-7-8-9-10-11-12-13-14-15-16-24-19-32(44)42(35(24)46)26-17-18-27(37)30(22-26)40-31-23-33(45)43(41-31)34-28(38)20-25(36)21-29(34)39/h11-12,17-18,20-22,24H,2-10,13-16,19,23H2,1H3,(H,40,41)/b12-11-/t24-/m0/s1. The van der Waals surface area contributed by atoms with Crippen LogP contribution in [-0.4, -0.2) is 23.6 Å². The second kappa shape index (κ2) is 18.1. The molecule has 2 saturated heterocycles. The van der Waals surface area contributed by atoms with E-state index >= 15 is 0 Å². The van der Waals surface area contributed by atoms with Crippen LogP contribution in [0.5, 0.6) is 0 Å². The number of amidine groups is 1. The molecular formula is C35H42Cl4N4O3. The van der Waals surface area contributed by atoms with E-state index in [-0.39, 0.29) is 52.2 Å². The molecule has 2 aliphatic heterocycles. The third-order valence-corrected chi connectivity index (χ3v) is 9.38. The molecule has 2 fully saturated rings. The third kappa shape index (κ3) is 9.96. The maximum Gasteiger partial charge on any atom is 0.253 e. The Morgan fingerprint density at radius 2 is 1.43 bits per heavy atom. The summed E-state index contributed by atoms with van der Waals surface area (Å²) >= 11 is 25.0. The average molecular weight is 709 g/mol. The van der Waals surface area contributed by atoms with Crippen molar-refractivity contribution in [2.45, 2.75) is 103 Å². The van der Waals surface area contributed by atoms with Gasteiger partial charge in [-0.15, -0.1) is 0 Å². The number of amides is 3. The molecule has 0 saturated carbocycles. The van der Waals surface area contributed by atoms with Crippen molar-refractivity contribution in [3.05, 3.63) is 62.6 Å². The van der Waals surface area contributed by atoms with Crippen LogP contribution >= 0.6 is 46.4 Å². The van der Waals surface area contributed by atoms with Gasteiger partial charge >= 0.3 is 0 Å². The van der Waals surface area contributed by atoms with Crippen molar-refractivity contribution in [2.75, 3.05) is 9.91 Å². The minimum atomic E-state index is -0.337. The number of aliphatic imine (C=N–C) groups is 1. The third-order valence-electron chi connectivity index (χ3n) is 8.26. The van der Waals surface area contributed by atoms with Gasteiger partial charge in [-0.3, -0.25) is 24.7 Å². The summed E-state index contributed by atoms with van der Waals surface area (Å²) in [7, 11) is 0. The average Bonchev–Trinajstić information content (AvgIpc) is 3.50. The number of carbonyl (C=O) groups is 3. The Labute approximate surface area is 292 Å². The first-order chi connectivity index (χ1) is 22.2. The topological polar surface area (TPSA) is 82.1 Å². The van der Waals surface area contributed by atoms with Gasteiger partial charge < -0.3 is 0 Å². The number of imide groups is 1. The summed E-state index contributed by atoms with van der Waals surface area (Å²) in [5, 5.41) is 2.25. The molecule has 248 valence electrons. The van der Waals surface area contributed by atoms with Crippen molar-refractivity contribution < 1.29 is 14.4 Å². The van der Waals surface area contributed by atoms with Gasteiger partial charge in [0.2, 0.25) is 11.8 Å². The van der Waals surface area contributed by atoms with E-state index in [1.54, 1.807) is 18.2 Å². The Kier molecular flexibility index (Phi) is 14.3. The van der Waals surface area contributed by atoms with Gasteiger partial charge in [0.25, 0.3) is 5.91 Å². The van der Waals surface area contributed by atoms with Gasteiger partial charge in [-0.05, 0) is 62.4 Å². The number of rotatable bonds is 17. The Morgan fingerprint density at radius 1 is 0.804 bits per heavy atom. The Balaban J connectivity index is 1.26. The number of anilines is 2. The van der Waals surface area contributed by atoms with E-state index in [0.29, 0.717) is 33.7 Å². The van der Waals surface area contributed by atoms with Crippen LogP contribution in [0.3, 0.4) is 0 Å². The van der Waals surface area contributed by atoms with E-state index in [1.165, 1.54) is 73.4 Å². The molecule has 4 rings (SSSR count). The summed E-state index contributed by atoms with van der Waals surface area (Å²) in [5.74, 6) is -0.813. The van der Waals surface area contributed by atoms with E-state index < -0.39 is 0 Å². The molecule has 2 aromatic rings. The fraction of sp³-hybridized carbons (Fsp3) is 0.486. The van der Waals surface area contributed by atoms with Crippen LogP contribution in [0.15, 0.2) is 47.5 Å².